The Morgan fingerprint density at radius 2 is 2.00 bits per heavy atom. The highest BCUT2D eigenvalue weighted by Gasteiger charge is 2.37. The number of aliphatic hydroxyl groups is 2. The highest BCUT2D eigenvalue weighted by atomic mass is 16.5. The van der Waals surface area contributed by atoms with Crippen molar-refractivity contribution in [3.63, 3.8) is 0 Å². The van der Waals surface area contributed by atoms with E-state index in [4.69, 9.17) is 4.74 Å². The van der Waals surface area contributed by atoms with Crippen LogP contribution in [0, 0.1) is 0 Å². The van der Waals surface area contributed by atoms with Gasteiger partial charge < -0.3 is 14.9 Å². The molecule has 2 N–H and O–H groups in total. The van der Waals surface area contributed by atoms with E-state index in [-0.39, 0.29) is 0 Å². The van der Waals surface area contributed by atoms with Crippen molar-refractivity contribution in [3.05, 3.63) is 0 Å². The minimum Gasteiger partial charge on any atom is -0.392 e. The Labute approximate surface area is 127 Å². The summed E-state index contributed by atoms with van der Waals surface area (Å²) in [5.41, 5.74) is -0.728. The number of aliphatic hydroxyl groups excluding tert-OH is 1. The van der Waals surface area contributed by atoms with Crippen molar-refractivity contribution in [1.82, 2.24) is 9.80 Å². The van der Waals surface area contributed by atoms with Gasteiger partial charge in [0.25, 0.3) is 0 Å². The predicted octanol–water partition coefficient (Wildman–Crippen LogP) is 0.447. The molecule has 5 heteroatoms. The van der Waals surface area contributed by atoms with Crippen LogP contribution in [0.2, 0.25) is 0 Å². The maximum atomic E-state index is 10.5. The minimum absolute atomic E-state index is 0.451. The Kier molecular flexibility index (Phi) is 4.86. The first-order valence-corrected chi connectivity index (χ1v) is 8.48. The molecule has 2 heterocycles. The van der Waals surface area contributed by atoms with Crippen molar-refractivity contribution in [2.24, 2.45) is 0 Å². The quantitative estimate of drug-likeness (QED) is 0.745. The van der Waals surface area contributed by atoms with Gasteiger partial charge in [0.2, 0.25) is 0 Å². The van der Waals surface area contributed by atoms with Crippen LogP contribution in [0.25, 0.3) is 0 Å². The average molecular weight is 298 g/mol. The molecule has 1 saturated carbocycles. The van der Waals surface area contributed by atoms with Crippen molar-refractivity contribution >= 4 is 0 Å². The van der Waals surface area contributed by atoms with E-state index in [1.54, 1.807) is 0 Å². The number of rotatable bonds is 6. The summed E-state index contributed by atoms with van der Waals surface area (Å²) < 4.78 is 5.29. The lowest BCUT2D eigenvalue weighted by Gasteiger charge is -2.35. The summed E-state index contributed by atoms with van der Waals surface area (Å²) in [5.74, 6) is 0. The van der Waals surface area contributed by atoms with Crippen LogP contribution in [0.1, 0.15) is 38.5 Å². The lowest BCUT2D eigenvalue weighted by Crippen LogP contribution is -2.44. The highest BCUT2D eigenvalue weighted by Crippen LogP contribution is 2.31. The molecule has 5 nitrogen and oxygen atoms in total. The maximum Gasteiger partial charge on any atom is 0.0716 e. The van der Waals surface area contributed by atoms with Gasteiger partial charge in [-0.25, -0.2) is 0 Å². The highest BCUT2D eigenvalue weighted by molar-refractivity contribution is 4.93. The second-order valence-electron chi connectivity index (χ2n) is 7.30. The summed E-state index contributed by atoms with van der Waals surface area (Å²) in [4.78, 5) is 4.88. The number of likely N-dealkylation sites (N-methyl/N-ethyl adjacent to an activating group) is 1. The van der Waals surface area contributed by atoms with Crippen LogP contribution in [0.4, 0.5) is 0 Å². The molecular formula is C16H30N2O3. The minimum atomic E-state index is -0.728. The van der Waals surface area contributed by atoms with Crippen LogP contribution in [-0.2, 0) is 4.74 Å². The molecular weight excluding hydrogens is 268 g/mol. The zero-order valence-electron chi connectivity index (χ0n) is 13.2. The van der Waals surface area contributed by atoms with E-state index in [2.05, 4.69) is 16.8 Å². The molecule has 2 atom stereocenters. The predicted molar refractivity (Wildman–Crippen MR) is 81.3 cm³/mol. The zero-order chi connectivity index (χ0) is 14.9. The first-order valence-electron chi connectivity index (χ1n) is 8.48. The Balaban J connectivity index is 1.42. The molecule has 0 aromatic rings. The van der Waals surface area contributed by atoms with Crippen molar-refractivity contribution in [1.29, 1.82) is 0 Å². The third-order valence-electron chi connectivity index (χ3n) is 5.42. The van der Waals surface area contributed by atoms with Gasteiger partial charge in [0.15, 0.2) is 0 Å². The Bertz CT molecular complexity index is 342. The first kappa shape index (κ1) is 15.7. The fourth-order valence-corrected chi connectivity index (χ4v) is 3.84. The molecule has 0 aromatic carbocycles. The van der Waals surface area contributed by atoms with Gasteiger partial charge in [-0.15, -0.1) is 0 Å². The zero-order valence-corrected chi connectivity index (χ0v) is 13.2. The molecule has 3 rings (SSSR count). The molecule has 1 aliphatic carbocycles. The van der Waals surface area contributed by atoms with E-state index in [0.29, 0.717) is 45.1 Å². The van der Waals surface area contributed by atoms with Crippen LogP contribution in [0.15, 0.2) is 0 Å². The van der Waals surface area contributed by atoms with Crippen molar-refractivity contribution in [2.45, 2.75) is 62.3 Å². The van der Waals surface area contributed by atoms with Crippen molar-refractivity contribution in [2.75, 3.05) is 39.9 Å². The second-order valence-corrected chi connectivity index (χ2v) is 7.30. The van der Waals surface area contributed by atoms with Crippen molar-refractivity contribution < 1.29 is 14.9 Å². The number of hydrogen-bond donors (Lipinski definition) is 2. The summed E-state index contributed by atoms with van der Waals surface area (Å²) in [5, 5.41) is 20.8. The van der Waals surface area contributed by atoms with E-state index in [1.807, 2.05) is 0 Å². The van der Waals surface area contributed by atoms with Gasteiger partial charge in [0.1, 0.15) is 0 Å². The number of nitrogens with zero attached hydrogens (tertiary/aromatic N) is 2. The second kappa shape index (κ2) is 6.50. The van der Waals surface area contributed by atoms with Gasteiger partial charge in [0.05, 0.1) is 11.7 Å². The summed E-state index contributed by atoms with van der Waals surface area (Å²) in [6.07, 6.45) is 5.26. The third-order valence-corrected chi connectivity index (χ3v) is 5.42. The van der Waals surface area contributed by atoms with Crippen molar-refractivity contribution in [3.8, 4) is 0 Å². The topological polar surface area (TPSA) is 56.2 Å². The first-order chi connectivity index (χ1) is 10.1. The molecule has 0 spiro atoms. The van der Waals surface area contributed by atoms with E-state index >= 15 is 0 Å². The summed E-state index contributed by atoms with van der Waals surface area (Å²) in [7, 11) is 2.11. The van der Waals surface area contributed by atoms with Crippen LogP contribution < -0.4 is 0 Å². The lowest BCUT2D eigenvalue weighted by atomic mass is 9.88. The Morgan fingerprint density at radius 3 is 2.67 bits per heavy atom. The largest absolute Gasteiger partial charge is 0.392 e. The van der Waals surface area contributed by atoms with Crippen LogP contribution in [0.5, 0.6) is 0 Å². The Morgan fingerprint density at radius 1 is 1.29 bits per heavy atom. The van der Waals surface area contributed by atoms with E-state index in [0.717, 1.165) is 12.6 Å². The van der Waals surface area contributed by atoms with E-state index < -0.39 is 11.7 Å². The van der Waals surface area contributed by atoms with Gasteiger partial charge in [-0.1, -0.05) is 0 Å². The SMILES string of the molecule is CN(CC(O)CC1(O)CCOCC1)C1CCN(C2CC2)C1. The molecule has 2 aliphatic heterocycles. The molecule has 21 heavy (non-hydrogen) atoms. The summed E-state index contributed by atoms with van der Waals surface area (Å²) in [6, 6.07) is 1.40. The maximum absolute atomic E-state index is 10.5. The van der Waals surface area contributed by atoms with Gasteiger partial charge in [-0.2, -0.15) is 0 Å². The fourth-order valence-electron chi connectivity index (χ4n) is 3.84. The number of likely N-dealkylation sites (tertiary alicyclic amines) is 1. The number of ether oxygens (including phenoxy) is 1. The smallest absolute Gasteiger partial charge is 0.0716 e. The summed E-state index contributed by atoms with van der Waals surface area (Å²) >= 11 is 0. The Hall–Kier alpha value is -0.200. The molecule has 0 bridgehead atoms. The van der Waals surface area contributed by atoms with E-state index in [1.165, 1.54) is 25.8 Å². The lowest BCUT2D eigenvalue weighted by molar-refractivity contribution is -0.0896. The molecule has 0 aromatic heterocycles. The standard InChI is InChI=1S/C16H30N2O3/c1-17(14-4-7-18(11-14)13-2-3-13)12-15(19)10-16(20)5-8-21-9-6-16/h13-15,19-20H,2-12H2,1H3. The van der Waals surface area contributed by atoms with Gasteiger partial charge in [-0.05, 0) is 39.2 Å². The number of hydrogen-bond acceptors (Lipinski definition) is 5. The monoisotopic (exact) mass is 298 g/mol. The molecule has 3 aliphatic rings. The molecule has 2 saturated heterocycles. The van der Waals surface area contributed by atoms with Gasteiger partial charge >= 0.3 is 0 Å². The van der Waals surface area contributed by atoms with Crippen LogP contribution >= 0.6 is 0 Å². The fraction of sp³-hybridized carbons (Fsp3) is 1.00. The normalized spacial score (nSPS) is 31.7. The molecule has 0 amide bonds. The summed E-state index contributed by atoms with van der Waals surface area (Å²) in [6.45, 7) is 4.23. The molecule has 122 valence electrons. The van der Waals surface area contributed by atoms with E-state index in [9.17, 15) is 10.2 Å². The van der Waals surface area contributed by atoms with Crippen LogP contribution in [0.3, 0.4) is 0 Å². The molecule has 0 radical (unpaired) electrons. The third kappa shape index (κ3) is 4.17. The van der Waals surface area contributed by atoms with Gasteiger partial charge in [0, 0.05) is 51.4 Å². The molecule has 2 unspecified atom stereocenters. The van der Waals surface area contributed by atoms with Crippen LogP contribution in [-0.4, -0.2) is 83.7 Å². The van der Waals surface area contributed by atoms with Gasteiger partial charge in [-0.3, -0.25) is 9.80 Å². The molecule has 3 fully saturated rings. The average Bonchev–Trinajstić information content (AvgIpc) is 3.16.